The number of nitrogens with one attached hydrogen (secondary N) is 4. The first-order valence-electron chi connectivity index (χ1n) is 12.0. The van der Waals surface area contributed by atoms with Crippen LogP contribution in [-0.2, 0) is 41.6 Å². The van der Waals surface area contributed by atoms with Crippen LogP contribution < -0.4 is 27.4 Å². The van der Waals surface area contributed by atoms with E-state index >= 15 is 0 Å². The normalized spacial score (nSPS) is 13.7. The first-order chi connectivity index (χ1) is 18.8. The number of primary amides is 1. The summed E-state index contributed by atoms with van der Waals surface area (Å²) >= 11 is 0. The predicted molar refractivity (Wildman–Crippen MR) is 136 cm³/mol. The van der Waals surface area contributed by atoms with Crippen LogP contribution in [0.25, 0.3) is 0 Å². The highest BCUT2D eigenvalue weighted by Crippen LogP contribution is 2.11. The third-order valence-electron chi connectivity index (χ3n) is 5.65. The summed E-state index contributed by atoms with van der Waals surface area (Å²) < 4.78 is 0. The molecule has 0 saturated heterocycles. The minimum atomic E-state index is -1.73. The molecule has 0 fully saturated rings. The molecule has 2 aromatic rings. The molecular weight excluding hydrogens is 530 g/mol. The van der Waals surface area contributed by atoms with Gasteiger partial charge in [0.05, 0.1) is 18.8 Å². The molecule has 11 N–H and O–H groups in total. The van der Waals surface area contributed by atoms with Crippen molar-refractivity contribution in [2.24, 2.45) is 11.5 Å². The van der Waals surface area contributed by atoms with Gasteiger partial charge in [-0.05, 0) is 30.5 Å². The maximum Gasteiger partial charge on any atom is 0.326 e. The van der Waals surface area contributed by atoms with Crippen molar-refractivity contribution in [2.75, 3.05) is 0 Å². The topological polar surface area (TPSA) is 280 Å². The van der Waals surface area contributed by atoms with E-state index in [1.54, 1.807) is 12.1 Å². The van der Waals surface area contributed by atoms with Gasteiger partial charge in [0.15, 0.2) is 0 Å². The van der Waals surface area contributed by atoms with E-state index in [0.29, 0.717) is 11.3 Å². The molecule has 1 aromatic carbocycles. The van der Waals surface area contributed by atoms with Crippen molar-refractivity contribution < 1.29 is 44.1 Å². The van der Waals surface area contributed by atoms with Gasteiger partial charge in [-0.2, -0.15) is 0 Å². The molecule has 216 valence electrons. The van der Waals surface area contributed by atoms with Crippen LogP contribution >= 0.6 is 0 Å². The largest absolute Gasteiger partial charge is 0.508 e. The summed E-state index contributed by atoms with van der Waals surface area (Å²) in [5.74, 6) is -6.58. The lowest BCUT2D eigenvalue weighted by molar-refractivity contribution is -0.143. The Morgan fingerprint density at radius 2 is 1.48 bits per heavy atom. The van der Waals surface area contributed by atoms with Crippen LogP contribution in [0.1, 0.15) is 30.5 Å². The SMILES string of the molecule is NC(=O)CCC(NC(=O)C(CC(=O)O)NC(=O)C(Cc1cnc[nH]1)NC(=O)C(N)Cc1ccc(O)cc1)C(=O)O. The van der Waals surface area contributed by atoms with Gasteiger partial charge >= 0.3 is 11.9 Å². The molecule has 2 rings (SSSR count). The highest BCUT2D eigenvalue weighted by atomic mass is 16.4. The van der Waals surface area contributed by atoms with Gasteiger partial charge in [0.2, 0.25) is 23.6 Å². The van der Waals surface area contributed by atoms with Crippen LogP contribution in [0.15, 0.2) is 36.8 Å². The Kier molecular flexibility index (Phi) is 11.6. The molecule has 40 heavy (non-hydrogen) atoms. The molecule has 4 atom stereocenters. The smallest absolute Gasteiger partial charge is 0.326 e. The standard InChI is InChI=1S/C24H31N7O9/c25-15(7-12-1-3-14(32)4-2-12)21(36)30-17(8-13-10-27-11-28-13)22(37)31-18(9-20(34)35)23(38)29-16(24(39)40)5-6-19(26)33/h1-4,10-11,15-18,32H,5-9,25H2,(H2,26,33)(H,27,28)(H,29,38)(H,30,36)(H,31,37)(H,34,35)(H,39,40). The minimum Gasteiger partial charge on any atom is -0.508 e. The number of aromatic amines is 1. The van der Waals surface area contributed by atoms with Gasteiger partial charge in [0.25, 0.3) is 0 Å². The molecule has 0 saturated carbocycles. The molecule has 0 aliphatic rings. The first kappa shape index (κ1) is 31.2. The number of nitrogens with two attached hydrogens (primary N) is 2. The molecule has 1 heterocycles. The van der Waals surface area contributed by atoms with E-state index in [-0.39, 0.29) is 31.4 Å². The van der Waals surface area contributed by atoms with Crippen molar-refractivity contribution in [1.29, 1.82) is 0 Å². The number of carbonyl (C=O) groups excluding carboxylic acids is 4. The average molecular weight is 562 g/mol. The Morgan fingerprint density at radius 1 is 0.875 bits per heavy atom. The second-order valence-corrected chi connectivity index (χ2v) is 8.88. The van der Waals surface area contributed by atoms with Gasteiger partial charge in [-0.15, -0.1) is 0 Å². The number of carbonyl (C=O) groups is 6. The number of aliphatic carboxylic acids is 2. The number of phenols is 1. The van der Waals surface area contributed by atoms with Crippen molar-refractivity contribution >= 4 is 35.6 Å². The van der Waals surface area contributed by atoms with Crippen LogP contribution in [0.2, 0.25) is 0 Å². The lowest BCUT2D eigenvalue weighted by Gasteiger charge is -2.24. The lowest BCUT2D eigenvalue weighted by Crippen LogP contribution is -2.58. The number of carboxylic acids is 2. The predicted octanol–water partition coefficient (Wildman–Crippen LogP) is -2.49. The summed E-state index contributed by atoms with van der Waals surface area (Å²) in [5.41, 5.74) is 12.1. The van der Waals surface area contributed by atoms with Crippen molar-refractivity contribution in [2.45, 2.75) is 56.3 Å². The second kappa shape index (κ2) is 14.8. The monoisotopic (exact) mass is 561 g/mol. The second-order valence-electron chi connectivity index (χ2n) is 8.88. The molecule has 0 radical (unpaired) electrons. The molecule has 4 amide bonds. The number of H-pyrrole nitrogens is 1. The molecule has 0 aliphatic carbocycles. The quantitative estimate of drug-likeness (QED) is 0.103. The number of carboxylic acid groups (broad SMARTS) is 2. The van der Waals surface area contributed by atoms with Crippen molar-refractivity contribution in [3.63, 3.8) is 0 Å². The summed E-state index contributed by atoms with van der Waals surface area (Å²) in [4.78, 5) is 79.3. The molecule has 1 aromatic heterocycles. The van der Waals surface area contributed by atoms with Gasteiger partial charge < -0.3 is 47.7 Å². The summed E-state index contributed by atoms with van der Waals surface area (Å²) in [6.07, 6.45) is 1.02. The zero-order chi connectivity index (χ0) is 29.8. The third-order valence-corrected chi connectivity index (χ3v) is 5.65. The summed E-state index contributed by atoms with van der Waals surface area (Å²) in [6, 6.07) is 0.226. The Hall–Kier alpha value is -4.99. The first-order valence-corrected chi connectivity index (χ1v) is 12.0. The average Bonchev–Trinajstić information content (AvgIpc) is 3.39. The van der Waals surface area contributed by atoms with E-state index in [0.717, 1.165) is 0 Å². The molecule has 16 nitrogen and oxygen atoms in total. The van der Waals surface area contributed by atoms with E-state index in [1.165, 1.54) is 24.7 Å². The van der Waals surface area contributed by atoms with Crippen LogP contribution in [-0.4, -0.2) is 85.0 Å². The van der Waals surface area contributed by atoms with E-state index in [1.807, 2.05) is 0 Å². The number of nitrogens with zero attached hydrogens (tertiary/aromatic N) is 1. The minimum absolute atomic E-state index is 0.0283. The highest BCUT2D eigenvalue weighted by Gasteiger charge is 2.32. The fourth-order valence-corrected chi connectivity index (χ4v) is 3.56. The Labute approximate surface area is 227 Å². The number of aromatic nitrogens is 2. The van der Waals surface area contributed by atoms with Crippen LogP contribution in [0, 0.1) is 0 Å². The maximum atomic E-state index is 13.2. The van der Waals surface area contributed by atoms with E-state index in [2.05, 4.69) is 25.9 Å². The fourth-order valence-electron chi connectivity index (χ4n) is 3.56. The summed E-state index contributed by atoms with van der Waals surface area (Å²) in [5, 5.41) is 34.8. The molecular formula is C24H31N7O9. The number of hydrogen-bond donors (Lipinski definition) is 9. The van der Waals surface area contributed by atoms with Crippen molar-refractivity contribution in [1.82, 2.24) is 25.9 Å². The number of amides is 4. The highest BCUT2D eigenvalue weighted by molar-refractivity contribution is 5.95. The van der Waals surface area contributed by atoms with Gasteiger partial charge in [-0.25, -0.2) is 9.78 Å². The van der Waals surface area contributed by atoms with Crippen molar-refractivity contribution in [3.8, 4) is 5.75 Å². The van der Waals surface area contributed by atoms with Gasteiger partial charge in [0.1, 0.15) is 23.9 Å². The Morgan fingerprint density at radius 3 is 2.02 bits per heavy atom. The number of rotatable bonds is 16. The number of hydrogen-bond acceptors (Lipinski definition) is 9. The zero-order valence-corrected chi connectivity index (χ0v) is 21.2. The van der Waals surface area contributed by atoms with E-state index < -0.39 is 66.2 Å². The zero-order valence-electron chi connectivity index (χ0n) is 21.2. The molecule has 0 aliphatic heterocycles. The maximum absolute atomic E-state index is 13.2. The van der Waals surface area contributed by atoms with Crippen LogP contribution in [0.3, 0.4) is 0 Å². The Balaban J connectivity index is 2.17. The van der Waals surface area contributed by atoms with Crippen LogP contribution in [0.5, 0.6) is 5.75 Å². The van der Waals surface area contributed by atoms with Crippen molar-refractivity contribution in [3.05, 3.63) is 48.0 Å². The number of aromatic hydroxyl groups is 1. The van der Waals surface area contributed by atoms with Gasteiger partial charge in [-0.3, -0.25) is 24.0 Å². The molecule has 0 bridgehead atoms. The molecule has 0 spiro atoms. The van der Waals surface area contributed by atoms with Gasteiger partial charge in [0, 0.05) is 24.7 Å². The number of imidazole rings is 1. The summed E-state index contributed by atoms with van der Waals surface area (Å²) in [7, 11) is 0. The lowest BCUT2D eigenvalue weighted by atomic mass is 10.0. The Bertz CT molecular complexity index is 1200. The van der Waals surface area contributed by atoms with Gasteiger partial charge in [-0.1, -0.05) is 12.1 Å². The van der Waals surface area contributed by atoms with E-state index in [4.69, 9.17) is 11.5 Å². The molecule has 16 heteroatoms. The van der Waals surface area contributed by atoms with Crippen LogP contribution in [0.4, 0.5) is 0 Å². The number of phenolic OH excluding ortho intramolecular Hbond substituents is 1. The fraction of sp³-hybridized carbons (Fsp3) is 0.375. The number of benzene rings is 1. The molecule has 4 unspecified atom stereocenters. The summed E-state index contributed by atoms with van der Waals surface area (Å²) in [6.45, 7) is 0. The van der Waals surface area contributed by atoms with E-state index in [9.17, 15) is 44.1 Å². The third kappa shape index (κ3) is 10.4.